The van der Waals surface area contributed by atoms with Gasteiger partial charge in [-0.05, 0) is 26.4 Å². The second-order valence-electron chi connectivity index (χ2n) is 3.46. The molecule has 13 heavy (non-hydrogen) atoms. The Morgan fingerprint density at radius 3 is 3.08 bits per heavy atom. The molecule has 1 atom stereocenters. The van der Waals surface area contributed by atoms with Gasteiger partial charge in [-0.3, -0.25) is 0 Å². The Bertz CT molecular complexity index is 191. The molecule has 0 bridgehead atoms. The first-order valence-electron chi connectivity index (χ1n) is 4.73. The number of carbonyl (C=O) groups is 1. The van der Waals surface area contributed by atoms with E-state index in [9.17, 15) is 4.79 Å². The summed E-state index contributed by atoms with van der Waals surface area (Å²) in [7, 11) is 2.07. The maximum absolute atomic E-state index is 10.8. The number of carbonyl (C=O) groups excluding carboxylic acids is 1. The Morgan fingerprint density at radius 1 is 1.69 bits per heavy atom. The Labute approximate surface area is 79.4 Å². The van der Waals surface area contributed by atoms with E-state index in [0.29, 0.717) is 12.6 Å². The van der Waals surface area contributed by atoms with Crippen molar-refractivity contribution in [2.75, 3.05) is 20.2 Å². The second-order valence-corrected chi connectivity index (χ2v) is 3.46. The van der Waals surface area contributed by atoms with Crippen molar-refractivity contribution < 1.29 is 9.53 Å². The average molecular weight is 183 g/mol. The fourth-order valence-electron chi connectivity index (χ4n) is 1.59. The Hall–Kier alpha value is -0.830. The van der Waals surface area contributed by atoms with Crippen LogP contribution < -0.4 is 0 Å². The predicted molar refractivity (Wildman–Crippen MR) is 51.4 cm³/mol. The van der Waals surface area contributed by atoms with Crippen molar-refractivity contribution in [2.45, 2.75) is 25.3 Å². The van der Waals surface area contributed by atoms with Crippen LogP contribution in [0.25, 0.3) is 0 Å². The SMILES string of the molecule is C=CC(=O)OCC1CCCCN1C. The van der Waals surface area contributed by atoms with E-state index in [4.69, 9.17) is 4.74 Å². The Balaban J connectivity index is 2.26. The van der Waals surface area contributed by atoms with Crippen LogP contribution in [0.1, 0.15) is 19.3 Å². The fourth-order valence-corrected chi connectivity index (χ4v) is 1.59. The molecule has 0 radical (unpaired) electrons. The molecule has 0 amide bonds. The summed E-state index contributed by atoms with van der Waals surface area (Å²) in [5, 5.41) is 0. The van der Waals surface area contributed by atoms with Gasteiger partial charge in [0.2, 0.25) is 0 Å². The zero-order valence-corrected chi connectivity index (χ0v) is 8.16. The number of hydrogen-bond acceptors (Lipinski definition) is 3. The molecule has 0 spiro atoms. The monoisotopic (exact) mass is 183 g/mol. The molecule has 1 fully saturated rings. The highest BCUT2D eigenvalue weighted by Gasteiger charge is 2.19. The van der Waals surface area contributed by atoms with Crippen LogP contribution in [-0.2, 0) is 9.53 Å². The van der Waals surface area contributed by atoms with Crippen LogP contribution in [0.15, 0.2) is 12.7 Å². The fraction of sp³-hybridized carbons (Fsp3) is 0.700. The standard InChI is InChI=1S/C10H17NO2/c1-3-10(12)13-8-9-6-4-5-7-11(9)2/h3,9H,1,4-8H2,2H3. The van der Waals surface area contributed by atoms with Gasteiger partial charge in [-0.1, -0.05) is 13.0 Å². The van der Waals surface area contributed by atoms with Gasteiger partial charge in [-0.15, -0.1) is 0 Å². The minimum absolute atomic E-state index is 0.320. The molecule has 1 aliphatic rings. The molecule has 1 rings (SSSR count). The van der Waals surface area contributed by atoms with E-state index in [1.165, 1.54) is 18.9 Å². The normalized spacial score (nSPS) is 23.9. The van der Waals surface area contributed by atoms with E-state index in [-0.39, 0.29) is 5.97 Å². The molecule has 0 aromatic rings. The smallest absolute Gasteiger partial charge is 0.330 e. The van der Waals surface area contributed by atoms with Crippen molar-refractivity contribution in [1.82, 2.24) is 4.90 Å². The number of hydrogen-bond donors (Lipinski definition) is 0. The highest BCUT2D eigenvalue weighted by molar-refractivity contribution is 5.81. The van der Waals surface area contributed by atoms with Gasteiger partial charge in [0.05, 0.1) is 0 Å². The molecule has 0 saturated carbocycles. The van der Waals surface area contributed by atoms with Crippen molar-refractivity contribution in [3.8, 4) is 0 Å². The summed E-state index contributed by atoms with van der Waals surface area (Å²) in [6.45, 7) is 4.96. The number of nitrogens with zero attached hydrogens (tertiary/aromatic N) is 1. The number of rotatable bonds is 3. The minimum atomic E-state index is -0.320. The second kappa shape index (κ2) is 5.02. The van der Waals surface area contributed by atoms with E-state index in [2.05, 4.69) is 18.5 Å². The topological polar surface area (TPSA) is 29.5 Å². The molecule has 1 aliphatic heterocycles. The van der Waals surface area contributed by atoms with Gasteiger partial charge >= 0.3 is 5.97 Å². The quantitative estimate of drug-likeness (QED) is 0.486. The molecule has 1 unspecified atom stereocenters. The van der Waals surface area contributed by atoms with Crippen LogP contribution in [0.4, 0.5) is 0 Å². The first-order valence-corrected chi connectivity index (χ1v) is 4.73. The van der Waals surface area contributed by atoms with Gasteiger partial charge in [0, 0.05) is 12.1 Å². The lowest BCUT2D eigenvalue weighted by molar-refractivity contribution is -0.139. The first-order chi connectivity index (χ1) is 6.24. The van der Waals surface area contributed by atoms with E-state index < -0.39 is 0 Å². The third-order valence-corrected chi connectivity index (χ3v) is 2.51. The molecule has 3 heteroatoms. The Morgan fingerprint density at radius 2 is 2.46 bits per heavy atom. The highest BCUT2D eigenvalue weighted by atomic mass is 16.5. The summed E-state index contributed by atoms with van der Waals surface area (Å²) in [6, 6.07) is 0.401. The lowest BCUT2D eigenvalue weighted by Crippen LogP contribution is -2.39. The zero-order valence-electron chi connectivity index (χ0n) is 8.16. The molecule has 0 N–H and O–H groups in total. The molecule has 0 aromatic heterocycles. The molecule has 0 aromatic carbocycles. The van der Waals surface area contributed by atoms with Gasteiger partial charge in [0.15, 0.2) is 0 Å². The summed E-state index contributed by atoms with van der Waals surface area (Å²) in [6.07, 6.45) is 4.83. The van der Waals surface area contributed by atoms with Crippen molar-refractivity contribution in [2.24, 2.45) is 0 Å². The molecule has 0 aliphatic carbocycles. The Kier molecular flexibility index (Phi) is 3.96. The molecule has 1 heterocycles. The molecule has 74 valence electrons. The molecule has 3 nitrogen and oxygen atoms in total. The number of ether oxygens (including phenoxy) is 1. The summed E-state index contributed by atoms with van der Waals surface area (Å²) < 4.78 is 5.00. The third-order valence-electron chi connectivity index (χ3n) is 2.51. The summed E-state index contributed by atoms with van der Waals surface area (Å²) in [5.74, 6) is -0.320. The van der Waals surface area contributed by atoms with Gasteiger partial charge < -0.3 is 9.64 Å². The summed E-state index contributed by atoms with van der Waals surface area (Å²) in [5.41, 5.74) is 0. The molecular weight excluding hydrogens is 166 g/mol. The first kappa shape index (κ1) is 10.3. The van der Waals surface area contributed by atoms with E-state index in [1.54, 1.807) is 0 Å². The maximum atomic E-state index is 10.8. The highest BCUT2D eigenvalue weighted by Crippen LogP contribution is 2.14. The molecular formula is C10H17NO2. The summed E-state index contributed by atoms with van der Waals surface area (Å²) >= 11 is 0. The number of esters is 1. The molecule has 1 saturated heterocycles. The van der Waals surface area contributed by atoms with Crippen LogP contribution in [0, 0.1) is 0 Å². The van der Waals surface area contributed by atoms with Crippen LogP contribution in [-0.4, -0.2) is 37.1 Å². The number of piperidine rings is 1. The third kappa shape index (κ3) is 3.19. The van der Waals surface area contributed by atoms with E-state index >= 15 is 0 Å². The van der Waals surface area contributed by atoms with Gasteiger partial charge in [-0.2, -0.15) is 0 Å². The zero-order chi connectivity index (χ0) is 9.68. The number of likely N-dealkylation sites (N-methyl/N-ethyl adjacent to an activating group) is 1. The van der Waals surface area contributed by atoms with Gasteiger partial charge in [0.1, 0.15) is 6.61 Å². The van der Waals surface area contributed by atoms with Crippen molar-refractivity contribution in [3.63, 3.8) is 0 Å². The van der Waals surface area contributed by atoms with Gasteiger partial charge in [-0.25, -0.2) is 4.79 Å². The van der Waals surface area contributed by atoms with E-state index in [1.807, 2.05) is 0 Å². The van der Waals surface area contributed by atoms with Crippen LogP contribution in [0.3, 0.4) is 0 Å². The summed E-state index contributed by atoms with van der Waals surface area (Å²) in [4.78, 5) is 13.1. The van der Waals surface area contributed by atoms with Crippen LogP contribution >= 0.6 is 0 Å². The lowest BCUT2D eigenvalue weighted by Gasteiger charge is -2.31. The number of likely N-dealkylation sites (tertiary alicyclic amines) is 1. The largest absolute Gasteiger partial charge is 0.461 e. The van der Waals surface area contributed by atoms with E-state index in [0.717, 1.165) is 13.0 Å². The lowest BCUT2D eigenvalue weighted by atomic mass is 10.0. The van der Waals surface area contributed by atoms with Gasteiger partial charge in [0.25, 0.3) is 0 Å². The maximum Gasteiger partial charge on any atom is 0.330 e. The van der Waals surface area contributed by atoms with Crippen molar-refractivity contribution >= 4 is 5.97 Å². The van der Waals surface area contributed by atoms with Crippen LogP contribution in [0.5, 0.6) is 0 Å². The average Bonchev–Trinajstić information content (AvgIpc) is 2.16. The van der Waals surface area contributed by atoms with Crippen molar-refractivity contribution in [3.05, 3.63) is 12.7 Å². The van der Waals surface area contributed by atoms with Crippen LogP contribution in [0.2, 0.25) is 0 Å². The minimum Gasteiger partial charge on any atom is -0.461 e. The predicted octanol–water partition coefficient (Wildman–Crippen LogP) is 1.20. The van der Waals surface area contributed by atoms with Crippen molar-refractivity contribution in [1.29, 1.82) is 0 Å².